The third-order valence-corrected chi connectivity index (χ3v) is 6.17. The quantitative estimate of drug-likeness (QED) is 0.222. The van der Waals surface area contributed by atoms with Gasteiger partial charge in [-0.15, -0.1) is 24.0 Å². The number of halogens is 2. The maximum atomic E-state index is 5.97. The predicted octanol–water partition coefficient (Wildman–Crippen LogP) is 4.19. The molecule has 3 rings (SSSR count). The third kappa shape index (κ3) is 6.57. The highest BCUT2D eigenvalue weighted by atomic mass is 127. The first-order valence-electron chi connectivity index (χ1n) is 9.99. The van der Waals surface area contributed by atoms with E-state index in [2.05, 4.69) is 55.4 Å². The molecule has 7 heteroatoms. The Kier molecular flexibility index (Phi) is 10.00. The van der Waals surface area contributed by atoms with Crippen LogP contribution in [0.1, 0.15) is 37.7 Å². The van der Waals surface area contributed by atoms with Crippen LogP contribution in [0.2, 0.25) is 0 Å². The number of ether oxygens (including phenoxy) is 2. The minimum atomic E-state index is 0. The van der Waals surface area contributed by atoms with Crippen LogP contribution in [0.3, 0.4) is 0 Å². The zero-order valence-corrected chi connectivity index (χ0v) is 20.9. The smallest absolute Gasteiger partial charge is 0.193 e. The van der Waals surface area contributed by atoms with Crippen LogP contribution in [-0.4, -0.2) is 64.0 Å². The van der Waals surface area contributed by atoms with E-state index >= 15 is 0 Å². The number of likely N-dealkylation sites (tertiary alicyclic amines) is 1. The molecule has 1 heterocycles. The molecule has 1 aromatic carbocycles. The van der Waals surface area contributed by atoms with Gasteiger partial charge in [0.1, 0.15) is 0 Å². The number of piperidine rings is 1. The Morgan fingerprint density at radius 2 is 2.04 bits per heavy atom. The van der Waals surface area contributed by atoms with Crippen LogP contribution in [0.5, 0.6) is 0 Å². The van der Waals surface area contributed by atoms with E-state index in [1.807, 2.05) is 7.05 Å². The first-order chi connectivity index (χ1) is 13.2. The summed E-state index contributed by atoms with van der Waals surface area (Å²) in [7, 11) is 3.62. The summed E-state index contributed by atoms with van der Waals surface area (Å²) in [5.41, 5.74) is 1.69. The average Bonchev–Trinajstić information content (AvgIpc) is 3.48. The highest BCUT2D eigenvalue weighted by Crippen LogP contribution is 2.48. The van der Waals surface area contributed by atoms with Crippen LogP contribution in [0.4, 0.5) is 0 Å². The molecule has 0 radical (unpaired) electrons. The van der Waals surface area contributed by atoms with E-state index in [0.717, 1.165) is 62.5 Å². The fourth-order valence-corrected chi connectivity index (χ4v) is 4.20. The van der Waals surface area contributed by atoms with Crippen molar-refractivity contribution in [3.05, 3.63) is 34.3 Å². The largest absolute Gasteiger partial charge is 0.385 e. The average molecular weight is 566 g/mol. The summed E-state index contributed by atoms with van der Waals surface area (Å²) >= 11 is 3.60. The summed E-state index contributed by atoms with van der Waals surface area (Å²) in [5.74, 6) is 1.02. The van der Waals surface area contributed by atoms with E-state index in [0.29, 0.717) is 6.10 Å². The summed E-state index contributed by atoms with van der Waals surface area (Å²) in [4.78, 5) is 6.90. The van der Waals surface area contributed by atoms with E-state index < -0.39 is 0 Å². The highest BCUT2D eigenvalue weighted by Gasteiger charge is 2.44. The number of nitrogens with zero attached hydrogens (tertiary/aromatic N) is 2. The van der Waals surface area contributed by atoms with Gasteiger partial charge in [-0.25, -0.2) is 0 Å². The van der Waals surface area contributed by atoms with Crippen molar-refractivity contribution in [2.75, 3.05) is 47.0 Å². The zero-order valence-electron chi connectivity index (χ0n) is 17.0. The summed E-state index contributed by atoms with van der Waals surface area (Å²) < 4.78 is 12.2. The molecule has 1 N–H and O–H groups in total. The minimum Gasteiger partial charge on any atom is -0.385 e. The molecule has 1 aliphatic carbocycles. The lowest BCUT2D eigenvalue weighted by Gasteiger charge is -2.34. The molecule has 1 aliphatic heterocycles. The monoisotopic (exact) mass is 565 g/mol. The van der Waals surface area contributed by atoms with E-state index in [-0.39, 0.29) is 29.4 Å². The SMILES string of the molecule is CN=C(NCC1(c2cccc(Br)c2)CC1)N1CCC(OCCCOC)CC1.I. The Balaban J connectivity index is 0.00000280. The van der Waals surface area contributed by atoms with E-state index in [1.54, 1.807) is 7.11 Å². The number of benzene rings is 1. The number of guanidine groups is 1. The van der Waals surface area contributed by atoms with Crippen molar-refractivity contribution in [1.82, 2.24) is 10.2 Å². The summed E-state index contributed by atoms with van der Waals surface area (Å²) in [6, 6.07) is 8.72. The van der Waals surface area contributed by atoms with Gasteiger partial charge < -0.3 is 19.7 Å². The fraction of sp³-hybridized carbons (Fsp3) is 0.667. The first kappa shape index (κ1) is 23.9. The Bertz CT molecular complexity index is 632. The number of aliphatic imine (C=N–C) groups is 1. The van der Waals surface area contributed by atoms with Crippen molar-refractivity contribution >= 4 is 45.9 Å². The van der Waals surface area contributed by atoms with Crippen molar-refractivity contribution in [2.24, 2.45) is 4.99 Å². The first-order valence-corrected chi connectivity index (χ1v) is 10.8. The molecule has 0 spiro atoms. The lowest BCUT2D eigenvalue weighted by atomic mass is 9.96. The van der Waals surface area contributed by atoms with Crippen LogP contribution >= 0.6 is 39.9 Å². The molecule has 28 heavy (non-hydrogen) atoms. The van der Waals surface area contributed by atoms with Gasteiger partial charge in [-0.2, -0.15) is 0 Å². The molecule has 0 amide bonds. The molecule has 1 saturated heterocycles. The number of hydrogen-bond donors (Lipinski definition) is 1. The molecular weight excluding hydrogens is 533 g/mol. The Hall–Kier alpha value is -0.380. The van der Waals surface area contributed by atoms with Gasteiger partial charge in [0.25, 0.3) is 0 Å². The summed E-state index contributed by atoms with van der Waals surface area (Å²) in [6.07, 6.45) is 5.94. The Labute approximate surface area is 194 Å². The molecule has 0 aromatic heterocycles. The number of methoxy groups -OCH3 is 1. The summed E-state index contributed by atoms with van der Waals surface area (Å²) in [6.45, 7) is 4.51. The van der Waals surface area contributed by atoms with Gasteiger partial charge in [0, 0.05) is 56.9 Å². The molecule has 1 aromatic rings. The molecule has 0 unspecified atom stereocenters. The van der Waals surface area contributed by atoms with E-state index in [4.69, 9.17) is 9.47 Å². The third-order valence-electron chi connectivity index (χ3n) is 5.68. The van der Waals surface area contributed by atoms with Crippen molar-refractivity contribution in [2.45, 2.75) is 43.6 Å². The van der Waals surface area contributed by atoms with Crippen molar-refractivity contribution in [3.63, 3.8) is 0 Å². The van der Waals surface area contributed by atoms with Crippen LogP contribution in [0, 0.1) is 0 Å². The van der Waals surface area contributed by atoms with Crippen LogP contribution in [0.15, 0.2) is 33.7 Å². The van der Waals surface area contributed by atoms with Crippen LogP contribution < -0.4 is 5.32 Å². The second-order valence-corrected chi connectivity index (χ2v) is 8.51. The van der Waals surface area contributed by atoms with Crippen molar-refractivity contribution in [3.8, 4) is 0 Å². The molecule has 158 valence electrons. The molecule has 2 aliphatic rings. The number of nitrogens with one attached hydrogen (secondary N) is 1. The lowest BCUT2D eigenvalue weighted by molar-refractivity contribution is 0.00989. The maximum Gasteiger partial charge on any atom is 0.193 e. The molecule has 0 atom stereocenters. The van der Waals surface area contributed by atoms with Crippen LogP contribution in [-0.2, 0) is 14.9 Å². The molecular formula is C21H33BrIN3O2. The highest BCUT2D eigenvalue weighted by molar-refractivity contribution is 14.0. The van der Waals surface area contributed by atoms with Gasteiger partial charge in [-0.1, -0.05) is 28.1 Å². The number of rotatable bonds is 8. The molecule has 1 saturated carbocycles. The van der Waals surface area contributed by atoms with Crippen molar-refractivity contribution in [1.29, 1.82) is 0 Å². The Morgan fingerprint density at radius 1 is 1.29 bits per heavy atom. The van der Waals surface area contributed by atoms with Gasteiger partial charge in [0.2, 0.25) is 0 Å². The molecule has 0 bridgehead atoms. The van der Waals surface area contributed by atoms with E-state index in [1.165, 1.54) is 18.4 Å². The van der Waals surface area contributed by atoms with Gasteiger partial charge in [-0.3, -0.25) is 4.99 Å². The van der Waals surface area contributed by atoms with E-state index in [9.17, 15) is 0 Å². The Morgan fingerprint density at radius 3 is 2.64 bits per heavy atom. The predicted molar refractivity (Wildman–Crippen MR) is 129 cm³/mol. The van der Waals surface area contributed by atoms with Gasteiger partial charge in [0.05, 0.1) is 6.10 Å². The van der Waals surface area contributed by atoms with Gasteiger partial charge in [0.15, 0.2) is 5.96 Å². The second-order valence-electron chi connectivity index (χ2n) is 7.59. The maximum absolute atomic E-state index is 5.97. The minimum absolute atomic E-state index is 0. The lowest BCUT2D eigenvalue weighted by Crippen LogP contribution is -2.48. The second kappa shape index (κ2) is 11.7. The summed E-state index contributed by atoms with van der Waals surface area (Å²) in [5, 5.41) is 3.64. The molecule has 2 fully saturated rings. The normalized spacial score (nSPS) is 19.2. The van der Waals surface area contributed by atoms with Gasteiger partial charge in [-0.05, 0) is 49.8 Å². The topological polar surface area (TPSA) is 46.1 Å². The molecule has 5 nitrogen and oxygen atoms in total. The van der Waals surface area contributed by atoms with Crippen molar-refractivity contribution < 1.29 is 9.47 Å². The fourth-order valence-electron chi connectivity index (χ4n) is 3.80. The van der Waals surface area contributed by atoms with Gasteiger partial charge >= 0.3 is 0 Å². The van der Waals surface area contributed by atoms with Crippen LogP contribution in [0.25, 0.3) is 0 Å². The standard InChI is InChI=1S/C21H32BrN3O2.HI/c1-23-20(25-11-7-19(8-12-25)27-14-4-13-26-2)24-16-21(9-10-21)17-5-3-6-18(22)15-17;/h3,5-6,15,19H,4,7-14,16H2,1-2H3,(H,23,24);1H. The zero-order chi connectivity index (χ0) is 19.1. The number of hydrogen-bond acceptors (Lipinski definition) is 3.